The molecule has 1 saturated carbocycles. The molecule has 0 bridgehead atoms. The Bertz CT molecular complexity index is 476. The molecular weight excluding hydrogens is 304 g/mol. The molecule has 0 spiro atoms. The van der Waals surface area contributed by atoms with Gasteiger partial charge >= 0.3 is 0 Å². The van der Waals surface area contributed by atoms with E-state index < -0.39 is 5.54 Å². The van der Waals surface area contributed by atoms with E-state index in [1.807, 2.05) is 30.8 Å². The maximum absolute atomic E-state index is 11.6. The lowest BCUT2D eigenvalue weighted by atomic mass is 9.95. The molecule has 1 aliphatic rings. The number of thioether (sulfide) groups is 1. The van der Waals surface area contributed by atoms with Crippen molar-refractivity contribution in [1.29, 1.82) is 0 Å². The molecule has 1 aromatic rings. The van der Waals surface area contributed by atoms with E-state index in [-0.39, 0.29) is 5.91 Å². The van der Waals surface area contributed by atoms with E-state index in [2.05, 4.69) is 17.4 Å². The summed E-state index contributed by atoms with van der Waals surface area (Å²) >= 11 is 7.74. The average Bonchev–Trinajstić information content (AvgIpc) is 3.24. The second-order valence-electron chi connectivity index (χ2n) is 5.90. The van der Waals surface area contributed by atoms with Crippen LogP contribution in [-0.2, 0) is 10.5 Å². The van der Waals surface area contributed by atoms with Gasteiger partial charge in [-0.3, -0.25) is 4.79 Å². The van der Waals surface area contributed by atoms with Crippen molar-refractivity contribution in [2.24, 2.45) is 5.73 Å². The maximum Gasteiger partial charge on any atom is 0.237 e. The van der Waals surface area contributed by atoms with Crippen LogP contribution in [0.1, 0.15) is 38.2 Å². The Hall–Kier alpha value is -0.710. The molecule has 5 heteroatoms. The van der Waals surface area contributed by atoms with Crippen molar-refractivity contribution in [3.05, 3.63) is 34.9 Å². The molecule has 0 radical (unpaired) electrons. The van der Waals surface area contributed by atoms with Crippen LogP contribution in [0.4, 0.5) is 0 Å². The van der Waals surface area contributed by atoms with Crippen molar-refractivity contribution < 1.29 is 4.79 Å². The van der Waals surface area contributed by atoms with E-state index in [9.17, 15) is 4.79 Å². The van der Waals surface area contributed by atoms with E-state index >= 15 is 0 Å². The fraction of sp³-hybridized carbons (Fsp3) is 0.562. The number of hydrogen-bond donors (Lipinski definition) is 2. The number of nitrogens with two attached hydrogens (primary N) is 1. The zero-order valence-electron chi connectivity index (χ0n) is 12.4. The van der Waals surface area contributed by atoms with E-state index in [1.54, 1.807) is 0 Å². The third-order valence-corrected chi connectivity index (χ3v) is 5.16. The van der Waals surface area contributed by atoms with Crippen molar-refractivity contribution in [2.75, 3.05) is 5.75 Å². The Kier molecular flexibility index (Phi) is 5.97. The highest BCUT2D eigenvalue weighted by Crippen LogP contribution is 2.25. The van der Waals surface area contributed by atoms with Crippen LogP contribution < -0.4 is 11.1 Å². The summed E-state index contributed by atoms with van der Waals surface area (Å²) in [5.74, 6) is 1.76. The van der Waals surface area contributed by atoms with Crippen molar-refractivity contribution in [1.82, 2.24) is 5.32 Å². The number of nitrogens with one attached hydrogen (secondary N) is 1. The van der Waals surface area contributed by atoms with E-state index in [0.29, 0.717) is 6.04 Å². The molecule has 21 heavy (non-hydrogen) atoms. The van der Waals surface area contributed by atoms with Gasteiger partial charge in [0.15, 0.2) is 0 Å². The minimum atomic E-state index is -0.554. The van der Waals surface area contributed by atoms with Crippen molar-refractivity contribution in [3.8, 4) is 0 Å². The molecule has 1 fully saturated rings. The van der Waals surface area contributed by atoms with Crippen LogP contribution in [0.25, 0.3) is 0 Å². The third kappa shape index (κ3) is 5.53. The smallest absolute Gasteiger partial charge is 0.237 e. The quantitative estimate of drug-likeness (QED) is 0.684. The molecule has 116 valence electrons. The van der Waals surface area contributed by atoms with Crippen LogP contribution in [0.3, 0.4) is 0 Å². The number of amides is 1. The van der Waals surface area contributed by atoms with Gasteiger partial charge in [0.25, 0.3) is 0 Å². The molecule has 0 aliphatic heterocycles. The number of rotatable bonds is 9. The van der Waals surface area contributed by atoms with Gasteiger partial charge in [-0.15, -0.1) is 0 Å². The van der Waals surface area contributed by atoms with Gasteiger partial charge in [-0.05, 0) is 56.1 Å². The van der Waals surface area contributed by atoms with Gasteiger partial charge in [0, 0.05) is 16.8 Å². The largest absolute Gasteiger partial charge is 0.368 e. The summed E-state index contributed by atoms with van der Waals surface area (Å²) in [6.07, 6.45) is 4.10. The van der Waals surface area contributed by atoms with Gasteiger partial charge in [0.2, 0.25) is 5.91 Å². The SMILES string of the molecule is CC(CCCSCc1ccc(Cl)cc1)(NC1CC1)C(N)=O. The zero-order valence-corrected chi connectivity index (χ0v) is 14.0. The molecule has 1 aromatic carbocycles. The fourth-order valence-corrected chi connectivity index (χ4v) is 3.29. The lowest BCUT2D eigenvalue weighted by Gasteiger charge is -2.27. The molecule has 0 heterocycles. The maximum atomic E-state index is 11.6. The molecule has 1 amide bonds. The number of carbonyl (C=O) groups excluding carboxylic acids is 1. The second kappa shape index (κ2) is 7.52. The van der Waals surface area contributed by atoms with Crippen LogP contribution in [0.5, 0.6) is 0 Å². The van der Waals surface area contributed by atoms with Crippen molar-refractivity contribution in [3.63, 3.8) is 0 Å². The Morgan fingerprint density at radius 3 is 2.67 bits per heavy atom. The monoisotopic (exact) mass is 326 g/mol. The standard InChI is InChI=1S/C16H23ClN2OS/c1-16(15(18)20,19-14-7-8-14)9-2-10-21-11-12-3-5-13(17)6-4-12/h3-6,14,19H,2,7-11H2,1H3,(H2,18,20). The Balaban J connectivity index is 1.67. The number of halogens is 1. The molecule has 3 nitrogen and oxygen atoms in total. The second-order valence-corrected chi connectivity index (χ2v) is 7.44. The van der Waals surface area contributed by atoms with Gasteiger partial charge in [-0.25, -0.2) is 0 Å². The highest BCUT2D eigenvalue weighted by Gasteiger charge is 2.36. The van der Waals surface area contributed by atoms with Gasteiger partial charge in [-0.1, -0.05) is 23.7 Å². The van der Waals surface area contributed by atoms with Crippen molar-refractivity contribution in [2.45, 2.75) is 49.9 Å². The van der Waals surface area contributed by atoms with Gasteiger partial charge in [0.05, 0.1) is 5.54 Å². The van der Waals surface area contributed by atoms with E-state index in [4.69, 9.17) is 17.3 Å². The summed E-state index contributed by atoms with van der Waals surface area (Å²) in [5.41, 5.74) is 6.27. The minimum absolute atomic E-state index is 0.239. The molecule has 0 saturated heterocycles. The van der Waals surface area contributed by atoms with Crippen LogP contribution in [0.15, 0.2) is 24.3 Å². The van der Waals surface area contributed by atoms with Crippen LogP contribution in [-0.4, -0.2) is 23.2 Å². The zero-order chi connectivity index (χ0) is 15.3. The molecule has 1 atom stereocenters. The first-order chi connectivity index (χ1) is 9.99. The first kappa shape index (κ1) is 16.7. The number of primary amides is 1. The number of benzene rings is 1. The summed E-state index contributed by atoms with van der Waals surface area (Å²) < 4.78 is 0. The number of carbonyl (C=O) groups is 1. The Morgan fingerprint density at radius 2 is 2.10 bits per heavy atom. The van der Waals surface area contributed by atoms with E-state index in [0.717, 1.165) is 42.2 Å². The van der Waals surface area contributed by atoms with Crippen LogP contribution in [0.2, 0.25) is 5.02 Å². The first-order valence-electron chi connectivity index (χ1n) is 7.39. The average molecular weight is 327 g/mol. The molecule has 2 rings (SSSR count). The van der Waals surface area contributed by atoms with Gasteiger partial charge in [0.1, 0.15) is 0 Å². The van der Waals surface area contributed by atoms with E-state index in [1.165, 1.54) is 5.56 Å². The van der Waals surface area contributed by atoms with Gasteiger partial charge in [-0.2, -0.15) is 11.8 Å². The topological polar surface area (TPSA) is 55.1 Å². The summed E-state index contributed by atoms with van der Waals surface area (Å²) in [6.45, 7) is 1.93. The highest BCUT2D eigenvalue weighted by atomic mass is 35.5. The van der Waals surface area contributed by atoms with Crippen LogP contribution >= 0.6 is 23.4 Å². The molecule has 0 aromatic heterocycles. The predicted molar refractivity (Wildman–Crippen MR) is 90.6 cm³/mol. The predicted octanol–water partition coefficient (Wildman–Crippen LogP) is 3.35. The first-order valence-corrected chi connectivity index (χ1v) is 8.93. The molecule has 3 N–H and O–H groups in total. The van der Waals surface area contributed by atoms with Crippen LogP contribution in [0, 0.1) is 0 Å². The summed E-state index contributed by atoms with van der Waals surface area (Å²) in [6, 6.07) is 8.43. The molecule has 1 aliphatic carbocycles. The summed E-state index contributed by atoms with van der Waals surface area (Å²) in [5, 5.41) is 4.15. The molecule has 1 unspecified atom stereocenters. The highest BCUT2D eigenvalue weighted by molar-refractivity contribution is 7.98. The third-order valence-electron chi connectivity index (χ3n) is 3.79. The lowest BCUT2D eigenvalue weighted by Crippen LogP contribution is -2.54. The summed E-state index contributed by atoms with van der Waals surface area (Å²) in [7, 11) is 0. The molecular formula is C16H23ClN2OS. The normalized spacial score (nSPS) is 17.4. The summed E-state index contributed by atoms with van der Waals surface area (Å²) in [4.78, 5) is 11.6. The Labute approximate surface area is 136 Å². The van der Waals surface area contributed by atoms with Gasteiger partial charge < -0.3 is 11.1 Å². The Morgan fingerprint density at radius 1 is 1.43 bits per heavy atom. The minimum Gasteiger partial charge on any atom is -0.368 e. The number of hydrogen-bond acceptors (Lipinski definition) is 3. The fourth-order valence-electron chi connectivity index (χ4n) is 2.24. The van der Waals surface area contributed by atoms with Crippen molar-refractivity contribution >= 4 is 29.3 Å². The lowest BCUT2D eigenvalue weighted by molar-refractivity contribution is -0.124.